The first-order valence-electron chi connectivity index (χ1n) is 10.9. The summed E-state index contributed by atoms with van der Waals surface area (Å²) in [6.45, 7) is 6.51. The van der Waals surface area contributed by atoms with Crippen LogP contribution in [0.2, 0.25) is 5.02 Å². The Kier molecular flexibility index (Phi) is 6.01. The molecule has 0 spiro atoms. The topological polar surface area (TPSA) is 97.3 Å². The second-order valence-corrected chi connectivity index (χ2v) is 8.56. The van der Waals surface area contributed by atoms with Crippen molar-refractivity contribution in [1.82, 2.24) is 24.9 Å². The molecular formula is C23H24ClN5O4. The van der Waals surface area contributed by atoms with Crippen LogP contribution in [0, 0.1) is 0 Å². The molecule has 5 rings (SSSR count). The van der Waals surface area contributed by atoms with Gasteiger partial charge in [-0.1, -0.05) is 16.8 Å². The molecule has 33 heavy (non-hydrogen) atoms. The molecule has 1 saturated heterocycles. The van der Waals surface area contributed by atoms with Gasteiger partial charge in [0.1, 0.15) is 5.02 Å². The maximum absolute atomic E-state index is 6.29. The summed E-state index contributed by atoms with van der Waals surface area (Å²) in [5.41, 5.74) is 2.50. The SMILES string of the molecule is CC(C)Oc1ncc(-c2nc(-c3ccc4c(cnn4CCCC4OC(C)O4)c3)no2)cc1Cl. The lowest BCUT2D eigenvalue weighted by Crippen LogP contribution is -2.38. The van der Waals surface area contributed by atoms with Gasteiger partial charge in [0.25, 0.3) is 5.89 Å². The summed E-state index contributed by atoms with van der Waals surface area (Å²) >= 11 is 6.29. The Morgan fingerprint density at radius 2 is 2.00 bits per heavy atom. The summed E-state index contributed by atoms with van der Waals surface area (Å²) in [4.78, 5) is 8.77. The van der Waals surface area contributed by atoms with Crippen molar-refractivity contribution in [1.29, 1.82) is 0 Å². The second kappa shape index (κ2) is 9.09. The number of hydrogen-bond acceptors (Lipinski definition) is 8. The molecule has 3 aromatic heterocycles. The highest BCUT2D eigenvalue weighted by molar-refractivity contribution is 6.32. The van der Waals surface area contributed by atoms with Gasteiger partial charge in [-0.15, -0.1) is 0 Å². The van der Waals surface area contributed by atoms with Crippen LogP contribution in [0.15, 0.2) is 41.2 Å². The van der Waals surface area contributed by atoms with Crippen molar-refractivity contribution in [2.45, 2.75) is 58.8 Å². The van der Waals surface area contributed by atoms with Crippen molar-refractivity contribution >= 4 is 22.5 Å². The largest absolute Gasteiger partial charge is 0.474 e. The fourth-order valence-electron chi connectivity index (χ4n) is 3.70. The standard InChI is InChI=1S/C23H24ClN5O4/c1-13(2)30-23-18(24)10-17(11-25-23)22-27-21(28-33-22)15-6-7-19-16(9-15)12-26-29(19)8-4-5-20-31-14(3)32-20/h6-7,9-14,20H,4-5,8H2,1-3H3. The molecule has 0 N–H and O–H groups in total. The molecule has 0 amide bonds. The van der Waals surface area contributed by atoms with Crippen LogP contribution >= 0.6 is 11.6 Å². The lowest BCUT2D eigenvalue weighted by molar-refractivity contribution is -0.377. The first kappa shape index (κ1) is 21.8. The van der Waals surface area contributed by atoms with Crippen molar-refractivity contribution < 1.29 is 18.7 Å². The van der Waals surface area contributed by atoms with Gasteiger partial charge in [0, 0.05) is 30.1 Å². The van der Waals surface area contributed by atoms with Gasteiger partial charge in [-0.3, -0.25) is 4.68 Å². The number of fused-ring (bicyclic) bond motifs is 1. The summed E-state index contributed by atoms with van der Waals surface area (Å²) in [6.07, 6.45) is 5.01. The molecule has 1 aliphatic heterocycles. The number of nitrogens with zero attached hydrogens (tertiary/aromatic N) is 5. The van der Waals surface area contributed by atoms with E-state index in [0.29, 0.717) is 28.2 Å². The van der Waals surface area contributed by atoms with Crippen molar-refractivity contribution in [3.63, 3.8) is 0 Å². The highest BCUT2D eigenvalue weighted by Crippen LogP contribution is 2.30. The van der Waals surface area contributed by atoms with E-state index in [1.165, 1.54) is 0 Å². The second-order valence-electron chi connectivity index (χ2n) is 8.15. The van der Waals surface area contributed by atoms with Gasteiger partial charge < -0.3 is 18.7 Å². The first-order chi connectivity index (χ1) is 16.0. The van der Waals surface area contributed by atoms with Crippen LogP contribution in [-0.2, 0) is 16.0 Å². The smallest absolute Gasteiger partial charge is 0.259 e. The van der Waals surface area contributed by atoms with Crippen LogP contribution in [0.5, 0.6) is 5.88 Å². The summed E-state index contributed by atoms with van der Waals surface area (Å²) in [5.74, 6) is 1.19. The zero-order chi connectivity index (χ0) is 22.9. The number of hydrogen-bond donors (Lipinski definition) is 0. The lowest BCUT2D eigenvalue weighted by Gasteiger charge is -2.33. The predicted octanol–water partition coefficient (Wildman–Crippen LogP) is 5.09. The van der Waals surface area contributed by atoms with E-state index in [9.17, 15) is 0 Å². The molecule has 4 aromatic rings. The van der Waals surface area contributed by atoms with Crippen LogP contribution in [0.4, 0.5) is 0 Å². The number of benzene rings is 1. The Morgan fingerprint density at radius 3 is 2.76 bits per heavy atom. The number of aromatic nitrogens is 5. The average Bonchev–Trinajstić information content (AvgIpc) is 3.41. The minimum Gasteiger partial charge on any atom is -0.474 e. The van der Waals surface area contributed by atoms with Gasteiger partial charge in [0.05, 0.1) is 23.4 Å². The minimum absolute atomic E-state index is 0.0234. The molecule has 1 aromatic carbocycles. The summed E-state index contributed by atoms with van der Waals surface area (Å²) < 4.78 is 24.0. The van der Waals surface area contributed by atoms with Gasteiger partial charge in [-0.05, 0) is 51.5 Å². The van der Waals surface area contributed by atoms with E-state index in [4.69, 9.17) is 30.3 Å². The van der Waals surface area contributed by atoms with Crippen LogP contribution in [0.3, 0.4) is 0 Å². The number of rotatable bonds is 8. The Balaban J connectivity index is 1.29. The van der Waals surface area contributed by atoms with E-state index in [2.05, 4.69) is 20.2 Å². The molecule has 0 unspecified atom stereocenters. The fourth-order valence-corrected chi connectivity index (χ4v) is 3.91. The summed E-state index contributed by atoms with van der Waals surface area (Å²) in [7, 11) is 0. The molecule has 4 heterocycles. The predicted molar refractivity (Wildman–Crippen MR) is 122 cm³/mol. The van der Waals surface area contributed by atoms with Crippen LogP contribution in [0.25, 0.3) is 33.7 Å². The van der Waals surface area contributed by atoms with E-state index in [1.54, 1.807) is 12.3 Å². The van der Waals surface area contributed by atoms with Crippen molar-refractivity contribution in [3.8, 4) is 28.7 Å². The van der Waals surface area contributed by atoms with Crippen LogP contribution < -0.4 is 4.74 Å². The number of halogens is 1. The molecule has 0 aliphatic carbocycles. The van der Waals surface area contributed by atoms with Crippen LogP contribution in [-0.4, -0.2) is 43.6 Å². The molecule has 0 atom stereocenters. The van der Waals surface area contributed by atoms with Gasteiger partial charge >= 0.3 is 0 Å². The molecule has 0 radical (unpaired) electrons. The Labute approximate surface area is 195 Å². The van der Waals surface area contributed by atoms with Gasteiger partial charge in [0.15, 0.2) is 12.6 Å². The Morgan fingerprint density at radius 1 is 1.15 bits per heavy atom. The van der Waals surface area contributed by atoms with Crippen molar-refractivity contribution in [3.05, 3.63) is 41.7 Å². The fraction of sp³-hybridized carbons (Fsp3) is 0.391. The molecule has 172 valence electrons. The van der Waals surface area contributed by atoms with E-state index in [1.807, 2.05) is 49.8 Å². The van der Waals surface area contributed by atoms with E-state index in [0.717, 1.165) is 35.9 Å². The third kappa shape index (κ3) is 4.71. The normalized spacial score (nSPS) is 18.1. The number of pyridine rings is 1. The van der Waals surface area contributed by atoms with Crippen LogP contribution in [0.1, 0.15) is 33.6 Å². The number of ether oxygens (including phenoxy) is 3. The molecule has 9 nitrogen and oxygen atoms in total. The minimum atomic E-state index is -0.0927. The number of aryl methyl sites for hydroxylation is 1. The monoisotopic (exact) mass is 469 g/mol. The van der Waals surface area contributed by atoms with E-state index < -0.39 is 0 Å². The zero-order valence-corrected chi connectivity index (χ0v) is 19.3. The molecule has 10 heteroatoms. The van der Waals surface area contributed by atoms with E-state index >= 15 is 0 Å². The summed E-state index contributed by atoms with van der Waals surface area (Å²) in [5, 5.41) is 10.0. The molecule has 0 saturated carbocycles. The zero-order valence-electron chi connectivity index (χ0n) is 18.6. The Bertz CT molecular complexity index is 1260. The molecular weight excluding hydrogens is 446 g/mol. The molecule has 0 bridgehead atoms. The quantitative estimate of drug-likeness (QED) is 0.352. The highest BCUT2D eigenvalue weighted by atomic mass is 35.5. The van der Waals surface area contributed by atoms with Gasteiger partial charge in [0.2, 0.25) is 11.7 Å². The highest BCUT2D eigenvalue weighted by Gasteiger charge is 2.26. The lowest BCUT2D eigenvalue weighted by atomic mass is 10.1. The van der Waals surface area contributed by atoms with Crippen molar-refractivity contribution in [2.24, 2.45) is 0 Å². The van der Waals surface area contributed by atoms with Gasteiger partial charge in [-0.25, -0.2) is 4.98 Å². The maximum Gasteiger partial charge on any atom is 0.259 e. The van der Waals surface area contributed by atoms with E-state index in [-0.39, 0.29) is 18.7 Å². The molecule has 1 fully saturated rings. The maximum atomic E-state index is 6.29. The average molecular weight is 470 g/mol. The van der Waals surface area contributed by atoms with Gasteiger partial charge in [-0.2, -0.15) is 10.1 Å². The summed E-state index contributed by atoms with van der Waals surface area (Å²) in [6, 6.07) is 7.68. The Hall–Kier alpha value is -3.01. The molecule has 1 aliphatic rings. The third-order valence-electron chi connectivity index (χ3n) is 5.22. The first-order valence-corrected chi connectivity index (χ1v) is 11.3. The van der Waals surface area contributed by atoms with Crippen molar-refractivity contribution in [2.75, 3.05) is 0 Å². The third-order valence-corrected chi connectivity index (χ3v) is 5.50.